The fourth-order valence-corrected chi connectivity index (χ4v) is 3.80. The lowest BCUT2D eigenvalue weighted by Gasteiger charge is -2.36. The Morgan fingerprint density at radius 3 is 2.78 bits per heavy atom. The molecule has 1 aromatic rings. The average Bonchev–Trinajstić information content (AvgIpc) is 3.05. The Morgan fingerprint density at radius 2 is 2.09 bits per heavy atom. The van der Waals surface area contributed by atoms with Gasteiger partial charge in [-0.1, -0.05) is 6.07 Å². The summed E-state index contributed by atoms with van der Waals surface area (Å²) in [6.07, 6.45) is 6.20. The summed E-state index contributed by atoms with van der Waals surface area (Å²) in [5.74, 6) is 0.716. The molecule has 1 unspecified atom stereocenters. The molecule has 0 aliphatic carbocycles. The zero-order valence-electron chi connectivity index (χ0n) is 14.0. The molecule has 2 aliphatic heterocycles. The Balaban J connectivity index is 1.44. The molecule has 3 rings (SSSR count). The van der Waals surface area contributed by atoms with Crippen LogP contribution in [-0.4, -0.2) is 59.7 Å². The number of amides is 1. The Hall–Kier alpha value is -1.62. The van der Waals surface area contributed by atoms with Gasteiger partial charge < -0.3 is 9.64 Å². The maximum Gasteiger partial charge on any atom is 0.409 e. The Bertz CT molecular complexity index is 500. The number of nitrogens with zero attached hydrogens (tertiary/aromatic N) is 3. The smallest absolute Gasteiger partial charge is 0.409 e. The summed E-state index contributed by atoms with van der Waals surface area (Å²) in [5, 5.41) is 0. The Morgan fingerprint density at radius 1 is 1.26 bits per heavy atom. The Kier molecular flexibility index (Phi) is 5.49. The first-order valence-corrected chi connectivity index (χ1v) is 8.82. The number of hydrogen-bond acceptors (Lipinski definition) is 4. The van der Waals surface area contributed by atoms with Crippen molar-refractivity contribution in [2.75, 3.05) is 32.8 Å². The number of ether oxygens (including phenoxy) is 1. The van der Waals surface area contributed by atoms with Crippen LogP contribution in [0.4, 0.5) is 4.79 Å². The topological polar surface area (TPSA) is 45.7 Å². The van der Waals surface area contributed by atoms with E-state index in [9.17, 15) is 4.79 Å². The zero-order valence-corrected chi connectivity index (χ0v) is 14.0. The van der Waals surface area contributed by atoms with Crippen LogP contribution >= 0.6 is 0 Å². The maximum atomic E-state index is 11.8. The molecule has 1 aromatic heterocycles. The van der Waals surface area contributed by atoms with Crippen molar-refractivity contribution in [1.82, 2.24) is 14.8 Å². The van der Waals surface area contributed by atoms with E-state index in [1.165, 1.54) is 25.2 Å². The van der Waals surface area contributed by atoms with Gasteiger partial charge in [0.25, 0.3) is 0 Å². The predicted octanol–water partition coefficient (Wildman–Crippen LogP) is 2.57. The minimum atomic E-state index is -0.152. The van der Waals surface area contributed by atoms with Crippen LogP contribution < -0.4 is 0 Å². The van der Waals surface area contributed by atoms with Crippen LogP contribution in [0.3, 0.4) is 0 Å². The van der Waals surface area contributed by atoms with Crippen LogP contribution in [0.25, 0.3) is 0 Å². The minimum absolute atomic E-state index is 0.152. The molecule has 0 N–H and O–H groups in total. The van der Waals surface area contributed by atoms with E-state index in [-0.39, 0.29) is 6.09 Å². The van der Waals surface area contributed by atoms with Crippen LogP contribution in [0.15, 0.2) is 24.4 Å². The SMILES string of the molecule is CCOC(=O)N1CCC(N2CCC(Cc3ccccn3)C2)CC1. The van der Waals surface area contributed by atoms with Gasteiger partial charge in [0.1, 0.15) is 0 Å². The average molecular weight is 317 g/mol. The molecule has 0 aromatic carbocycles. The van der Waals surface area contributed by atoms with Gasteiger partial charge in [-0.05, 0) is 57.2 Å². The third-order valence-corrected chi connectivity index (χ3v) is 5.05. The van der Waals surface area contributed by atoms with E-state index in [0.29, 0.717) is 18.6 Å². The van der Waals surface area contributed by atoms with Gasteiger partial charge in [0, 0.05) is 37.6 Å². The van der Waals surface area contributed by atoms with Crippen LogP contribution in [0.1, 0.15) is 31.9 Å². The van der Waals surface area contributed by atoms with E-state index >= 15 is 0 Å². The van der Waals surface area contributed by atoms with Crippen LogP contribution in [0.2, 0.25) is 0 Å². The van der Waals surface area contributed by atoms with Gasteiger partial charge in [-0.2, -0.15) is 0 Å². The second-order valence-electron chi connectivity index (χ2n) is 6.59. The van der Waals surface area contributed by atoms with Gasteiger partial charge in [0.05, 0.1) is 6.61 Å². The second-order valence-corrected chi connectivity index (χ2v) is 6.59. The lowest BCUT2D eigenvalue weighted by molar-refractivity contribution is 0.0796. The van der Waals surface area contributed by atoms with Gasteiger partial charge >= 0.3 is 6.09 Å². The van der Waals surface area contributed by atoms with E-state index in [4.69, 9.17) is 4.74 Å². The minimum Gasteiger partial charge on any atom is -0.450 e. The summed E-state index contributed by atoms with van der Waals surface area (Å²) in [6.45, 7) is 6.31. The molecule has 3 heterocycles. The fraction of sp³-hybridized carbons (Fsp3) is 0.667. The summed E-state index contributed by atoms with van der Waals surface area (Å²) in [6, 6.07) is 6.79. The quantitative estimate of drug-likeness (QED) is 0.856. The number of likely N-dealkylation sites (tertiary alicyclic amines) is 2. The van der Waals surface area contributed by atoms with Crippen LogP contribution in [0, 0.1) is 5.92 Å². The van der Waals surface area contributed by atoms with E-state index in [2.05, 4.69) is 22.0 Å². The van der Waals surface area contributed by atoms with Crippen molar-refractivity contribution in [3.63, 3.8) is 0 Å². The number of piperidine rings is 1. The number of aromatic nitrogens is 1. The first-order valence-electron chi connectivity index (χ1n) is 8.82. The van der Waals surface area contributed by atoms with E-state index < -0.39 is 0 Å². The Labute approximate surface area is 138 Å². The molecule has 5 nitrogen and oxygen atoms in total. The summed E-state index contributed by atoms with van der Waals surface area (Å²) in [4.78, 5) is 20.7. The number of hydrogen-bond donors (Lipinski definition) is 0. The zero-order chi connectivity index (χ0) is 16.1. The molecule has 0 radical (unpaired) electrons. The van der Waals surface area contributed by atoms with E-state index in [1.807, 2.05) is 24.1 Å². The van der Waals surface area contributed by atoms with Crippen molar-refractivity contribution < 1.29 is 9.53 Å². The molecule has 0 saturated carbocycles. The standard InChI is InChI=1S/C18H27N3O2/c1-2-23-18(22)20-11-7-17(8-12-20)21-10-6-15(14-21)13-16-5-3-4-9-19-16/h3-5,9,15,17H,2,6-8,10-14H2,1H3. The van der Waals surface area contributed by atoms with Gasteiger partial charge in [-0.15, -0.1) is 0 Å². The number of carbonyl (C=O) groups is 1. The van der Waals surface area contributed by atoms with Crippen molar-refractivity contribution in [1.29, 1.82) is 0 Å². The van der Waals surface area contributed by atoms with Crippen LogP contribution in [0.5, 0.6) is 0 Å². The van der Waals surface area contributed by atoms with Gasteiger partial charge in [-0.3, -0.25) is 9.88 Å². The molecule has 2 saturated heterocycles. The van der Waals surface area contributed by atoms with Gasteiger partial charge in [0.15, 0.2) is 0 Å². The highest BCUT2D eigenvalue weighted by Crippen LogP contribution is 2.26. The van der Waals surface area contributed by atoms with Crippen LogP contribution in [-0.2, 0) is 11.2 Å². The highest BCUT2D eigenvalue weighted by molar-refractivity contribution is 5.67. The third-order valence-electron chi connectivity index (χ3n) is 5.05. The summed E-state index contributed by atoms with van der Waals surface area (Å²) in [5.41, 5.74) is 1.21. The molecule has 2 fully saturated rings. The molecule has 2 aliphatic rings. The summed E-state index contributed by atoms with van der Waals surface area (Å²) >= 11 is 0. The molecule has 5 heteroatoms. The normalized spacial score (nSPS) is 23.2. The lowest BCUT2D eigenvalue weighted by atomic mass is 10.0. The summed E-state index contributed by atoms with van der Waals surface area (Å²) < 4.78 is 5.09. The molecular formula is C18H27N3O2. The van der Waals surface area contributed by atoms with E-state index in [0.717, 1.165) is 32.4 Å². The van der Waals surface area contributed by atoms with Crippen molar-refractivity contribution >= 4 is 6.09 Å². The third kappa shape index (κ3) is 4.22. The second kappa shape index (κ2) is 7.77. The number of rotatable bonds is 4. The highest BCUT2D eigenvalue weighted by Gasteiger charge is 2.32. The fourth-order valence-electron chi connectivity index (χ4n) is 3.80. The molecular weight excluding hydrogens is 290 g/mol. The van der Waals surface area contributed by atoms with Crippen molar-refractivity contribution in [3.8, 4) is 0 Å². The molecule has 0 spiro atoms. The molecule has 0 bridgehead atoms. The molecule has 1 atom stereocenters. The monoisotopic (exact) mass is 317 g/mol. The predicted molar refractivity (Wildman–Crippen MR) is 89.2 cm³/mol. The van der Waals surface area contributed by atoms with Crippen molar-refractivity contribution in [3.05, 3.63) is 30.1 Å². The largest absolute Gasteiger partial charge is 0.450 e. The van der Waals surface area contributed by atoms with Gasteiger partial charge in [-0.25, -0.2) is 4.79 Å². The first-order chi connectivity index (χ1) is 11.3. The highest BCUT2D eigenvalue weighted by atomic mass is 16.6. The number of carbonyl (C=O) groups excluding carboxylic acids is 1. The molecule has 23 heavy (non-hydrogen) atoms. The number of pyridine rings is 1. The molecule has 126 valence electrons. The molecule has 1 amide bonds. The lowest BCUT2D eigenvalue weighted by Crippen LogP contribution is -2.46. The maximum absolute atomic E-state index is 11.8. The van der Waals surface area contributed by atoms with Crippen molar-refractivity contribution in [2.24, 2.45) is 5.92 Å². The van der Waals surface area contributed by atoms with Crippen molar-refractivity contribution in [2.45, 2.75) is 38.6 Å². The first kappa shape index (κ1) is 16.2. The van der Waals surface area contributed by atoms with Gasteiger partial charge in [0.2, 0.25) is 0 Å². The summed E-state index contributed by atoms with van der Waals surface area (Å²) in [7, 11) is 0. The van der Waals surface area contributed by atoms with E-state index in [1.54, 1.807) is 0 Å².